The van der Waals surface area contributed by atoms with E-state index in [1.165, 1.54) is 29.5 Å². The SMILES string of the molecule is CS(=O)(=O)N1CCN(Cc2cccc3c2CCCN3)CC1. The van der Waals surface area contributed by atoms with E-state index < -0.39 is 10.0 Å². The van der Waals surface area contributed by atoms with Gasteiger partial charge in [0.05, 0.1) is 6.26 Å². The zero-order valence-corrected chi connectivity index (χ0v) is 13.3. The lowest BCUT2D eigenvalue weighted by Crippen LogP contribution is -2.47. The van der Waals surface area contributed by atoms with Gasteiger partial charge in [-0.05, 0) is 30.0 Å². The molecular formula is C15H23N3O2S. The van der Waals surface area contributed by atoms with Crippen LogP contribution >= 0.6 is 0 Å². The molecular weight excluding hydrogens is 286 g/mol. The van der Waals surface area contributed by atoms with E-state index in [1.807, 2.05) is 0 Å². The van der Waals surface area contributed by atoms with E-state index in [4.69, 9.17) is 0 Å². The molecule has 0 bridgehead atoms. The topological polar surface area (TPSA) is 52.7 Å². The van der Waals surface area contributed by atoms with Crippen LogP contribution in [0, 0.1) is 0 Å². The number of rotatable bonds is 3. The number of nitrogens with zero attached hydrogens (tertiary/aromatic N) is 2. The summed E-state index contributed by atoms with van der Waals surface area (Å²) in [6, 6.07) is 6.47. The molecule has 0 saturated carbocycles. The molecule has 0 spiro atoms. The molecule has 0 atom stereocenters. The standard InChI is InChI=1S/C15H23N3O2S/c1-21(19,20)18-10-8-17(9-11-18)12-13-4-2-6-15-14(13)5-3-7-16-15/h2,4,6,16H,3,5,7-12H2,1H3. The predicted octanol–water partition coefficient (Wildman–Crippen LogP) is 1.12. The molecule has 5 nitrogen and oxygen atoms in total. The fraction of sp³-hybridized carbons (Fsp3) is 0.600. The van der Waals surface area contributed by atoms with Crippen molar-refractivity contribution in [1.82, 2.24) is 9.21 Å². The van der Waals surface area contributed by atoms with Crippen molar-refractivity contribution in [3.8, 4) is 0 Å². The molecule has 2 aliphatic rings. The van der Waals surface area contributed by atoms with Gasteiger partial charge in [-0.3, -0.25) is 4.90 Å². The van der Waals surface area contributed by atoms with Crippen molar-refractivity contribution < 1.29 is 8.42 Å². The molecule has 0 amide bonds. The summed E-state index contributed by atoms with van der Waals surface area (Å²) in [5.41, 5.74) is 4.09. The predicted molar refractivity (Wildman–Crippen MR) is 84.9 cm³/mol. The molecule has 1 N–H and O–H groups in total. The van der Waals surface area contributed by atoms with Crippen LogP contribution in [0.25, 0.3) is 0 Å². The summed E-state index contributed by atoms with van der Waals surface area (Å²) in [5, 5.41) is 3.46. The summed E-state index contributed by atoms with van der Waals surface area (Å²) in [7, 11) is -3.04. The minimum absolute atomic E-state index is 0.603. The van der Waals surface area contributed by atoms with Crippen LogP contribution in [0.2, 0.25) is 0 Å². The van der Waals surface area contributed by atoms with Crippen LogP contribution in [-0.2, 0) is 23.0 Å². The van der Waals surface area contributed by atoms with Crippen molar-refractivity contribution in [1.29, 1.82) is 0 Å². The van der Waals surface area contributed by atoms with Crippen LogP contribution in [0.4, 0.5) is 5.69 Å². The zero-order valence-electron chi connectivity index (χ0n) is 12.5. The van der Waals surface area contributed by atoms with Crippen molar-refractivity contribution >= 4 is 15.7 Å². The number of fused-ring (bicyclic) bond motifs is 1. The number of anilines is 1. The Bertz CT molecular complexity index is 607. The monoisotopic (exact) mass is 309 g/mol. The Hall–Kier alpha value is -1.11. The number of sulfonamides is 1. The van der Waals surface area contributed by atoms with Gasteiger partial charge in [-0.15, -0.1) is 0 Å². The van der Waals surface area contributed by atoms with Crippen molar-refractivity contribution in [2.24, 2.45) is 0 Å². The van der Waals surface area contributed by atoms with Gasteiger partial charge in [-0.2, -0.15) is 4.31 Å². The second kappa shape index (κ2) is 5.94. The summed E-state index contributed by atoms with van der Waals surface area (Å²) in [6.07, 6.45) is 3.62. The molecule has 0 unspecified atom stereocenters. The maximum Gasteiger partial charge on any atom is 0.211 e. The molecule has 21 heavy (non-hydrogen) atoms. The maximum absolute atomic E-state index is 11.5. The minimum Gasteiger partial charge on any atom is -0.385 e. The van der Waals surface area contributed by atoms with Crippen LogP contribution in [0.3, 0.4) is 0 Å². The Balaban J connectivity index is 1.66. The fourth-order valence-corrected chi connectivity index (χ4v) is 4.02. The summed E-state index contributed by atoms with van der Waals surface area (Å²) in [4.78, 5) is 2.35. The molecule has 0 radical (unpaired) electrons. The van der Waals surface area contributed by atoms with E-state index in [2.05, 4.69) is 28.4 Å². The van der Waals surface area contributed by atoms with Crippen molar-refractivity contribution in [2.45, 2.75) is 19.4 Å². The molecule has 2 aliphatic heterocycles. The molecule has 0 aromatic heterocycles. The second-order valence-electron chi connectivity index (χ2n) is 5.91. The van der Waals surface area contributed by atoms with Crippen LogP contribution in [-0.4, -0.2) is 56.6 Å². The van der Waals surface area contributed by atoms with Gasteiger partial charge in [0, 0.05) is 45.0 Å². The highest BCUT2D eigenvalue weighted by Gasteiger charge is 2.24. The summed E-state index contributed by atoms with van der Waals surface area (Å²) in [6.45, 7) is 4.80. The lowest BCUT2D eigenvalue weighted by molar-refractivity contribution is 0.182. The molecule has 1 aromatic carbocycles. The summed E-state index contributed by atoms with van der Waals surface area (Å²) < 4.78 is 24.7. The van der Waals surface area contributed by atoms with Crippen molar-refractivity contribution in [2.75, 3.05) is 44.3 Å². The van der Waals surface area contributed by atoms with Crippen LogP contribution < -0.4 is 5.32 Å². The smallest absolute Gasteiger partial charge is 0.211 e. The lowest BCUT2D eigenvalue weighted by Gasteiger charge is -2.34. The number of piperazine rings is 1. The number of nitrogens with one attached hydrogen (secondary N) is 1. The zero-order chi connectivity index (χ0) is 14.9. The average molecular weight is 309 g/mol. The lowest BCUT2D eigenvalue weighted by atomic mass is 9.97. The number of benzene rings is 1. The average Bonchev–Trinajstić information content (AvgIpc) is 2.47. The maximum atomic E-state index is 11.5. The van der Waals surface area contributed by atoms with Gasteiger partial charge in [0.15, 0.2) is 0 Å². The van der Waals surface area contributed by atoms with Gasteiger partial charge in [0.25, 0.3) is 0 Å². The first-order chi connectivity index (χ1) is 10.0. The molecule has 2 heterocycles. The van der Waals surface area contributed by atoms with Gasteiger partial charge in [-0.25, -0.2) is 8.42 Å². The van der Waals surface area contributed by atoms with Crippen molar-refractivity contribution in [3.05, 3.63) is 29.3 Å². The summed E-state index contributed by atoms with van der Waals surface area (Å²) in [5.74, 6) is 0. The van der Waals surface area contributed by atoms with Gasteiger partial charge >= 0.3 is 0 Å². The molecule has 1 aromatic rings. The minimum atomic E-state index is -3.04. The Morgan fingerprint density at radius 2 is 1.95 bits per heavy atom. The third-order valence-corrected chi connectivity index (χ3v) is 5.69. The molecule has 0 aliphatic carbocycles. The molecule has 6 heteroatoms. The largest absolute Gasteiger partial charge is 0.385 e. The fourth-order valence-electron chi connectivity index (χ4n) is 3.19. The molecule has 1 fully saturated rings. The number of hydrogen-bond donors (Lipinski definition) is 1. The first kappa shape index (κ1) is 14.8. The Morgan fingerprint density at radius 1 is 1.19 bits per heavy atom. The molecule has 1 saturated heterocycles. The summed E-state index contributed by atoms with van der Waals surface area (Å²) >= 11 is 0. The van der Waals surface area contributed by atoms with Crippen LogP contribution in [0.5, 0.6) is 0 Å². The van der Waals surface area contributed by atoms with Crippen LogP contribution in [0.1, 0.15) is 17.5 Å². The van der Waals surface area contributed by atoms with Gasteiger partial charge in [0.1, 0.15) is 0 Å². The van der Waals surface area contributed by atoms with E-state index in [9.17, 15) is 8.42 Å². The second-order valence-corrected chi connectivity index (χ2v) is 7.89. The quantitative estimate of drug-likeness (QED) is 0.909. The Labute approximate surface area is 127 Å². The Morgan fingerprint density at radius 3 is 2.67 bits per heavy atom. The van der Waals surface area contributed by atoms with E-state index >= 15 is 0 Å². The van der Waals surface area contributed by atoms with Crippen LogP contribution in [0.15, 0.2) is 18.2 Å². The Kier molecular flexibility index (Phi) is 4.19. The first-order valence-corrected chi connectivity index (χ1v) is 9.41. The first-order valence-electron chi connectivity index (χ1n) is 7.56. The molecule has 116 valence electrons. The van der Waals surface area contributed by atoms with E-state index in [-0.39, 0.29) is 0 Å². The third-order valence-electron chi connectivity index (χ3n) is 4.39. The highest BCUT2D eigenvalue weighted by Crippen LogP contribution is 2.26. The van der Waals surface area contributed by atoms with E-state index in [1.54, 1.807) is 4.31 Å². The number of hydrogen-bond acceptors (Lipinski definition) is 4. The van der Waals surface area contributed by atoms with E-state index in [0.29, 0.717) is 13.1 Å². The van der Waals surface area contributed by atoms with Gasteiger partial charge in [-0.1, -0.05) is 12.1 Å². The molecule has 3 rings (SSSR count). The normalized spacial score (nSPS) is 20.8. The highest BCUT2D eigenvalue weighted by molar-refractivity contribution is 7.88. The van der Waals surface area contributed by atoms with Gasteiger partial charge < -0.3 is 5.32 Å². The third kappa shape index (κ3) is 3.39. The van der Waals surface area contributed by atoms with Crippen molar-refractivity contribution in [3.63, 3.8) is 0 Å². The van der Waals surface area contributed by atoms with Gasteiger partial charge in [0.2, 0.25) is 10.0 Å². The highest BCUT2D eigenvalue weighted by atomic mass is 32.2. The van der Waals surface area contributed by atoms with E-state index in [0.717, 1.165) is 32.6 Å².